The van der Waals surface area contributed by atoms with Gasteiger partial charge >= 0.3 is 5.97 Å². The Morgan fingerprint density at radius 3 is 2.72 bits per heavy atom. The first kappa shape index (κ1) is 17.3. The highest BCUT2D eigenvalue weighted by molar-refractivity contribution is 5.67. The van der Waals surface area contributed by atoms with Crippen molar-refractivity contribution in [3.05, 3.63) is 59.2 Å². The first-order valence-corrected chi connectivity index (χ1v) is 8.40. The van der Waals surface area contributed by atoms with Crippen molar-refractivity contribution in [2.45, 2.75) is 32.5 Å². The van der Waals surface area contributed by atoms with Gasteiger partial charge in [-0.3, -0.25) is 4.79 Å². The van der Waals surface area contributed by atoms with Crippen molar-refractivity contribution in [2.24, 2.45) is 0 Å². The molecule has 0 saturated heterocycles. The molecule has 5 heteroatoms. The van der Waals surface area contributed by atoms with Gasteiger partial charge in [0.1, 0.15) is 18.1 Å². The molecular formula is C20H22O5. The number of para-hydroxylation sites is 1. The predicted octanol–water partition coefficient (Wildman–Crippen LogP) is 4.06. The fraction of sp³-hybridized carbons (Fsp3) is 0.350. The van der Waals surface area contributed by atoms with Gasteiger partial charge in [0.2, 0.25) is 0 Å². The van der Waals surface area contributed by atoms with Gasteiger partial charge in [0, 0.05) is 12.2 Å². The lowest BCUT2D eigenvalue weighted by Crippen LogP contribution is -2.11. The average molecular weight is 342 g/mol. The SMILES string of the molecule is CCO[C@@H](CC(=O)O)c1ccc(O[C@@H]2COc3c(C)cccc32)cc1. The fourth-order valence-electron chi connectivity index (χ4n) is 3.03. The molecule has 1 aliphatic rings. The molecule has 1 aliphatic heterocycles. The zero-order valence-corrected chi connectivity index (χ0v) is 14.4. The number of aliphatic carboxylic acids is 1. The third-order valence-electron chi connectivity index (χ3n) is 4.23. The number of hydrogen-bond acceptors (Lipinski definition) is 4. The number of rotatable bonds is 7. The van der Waals surface area contributed by atoms with Crippen molar-refractivity contribution >= 4 is 5.97 Å². The van der Waals surface area contributed by atoms with E-state index in [1.807, 2.05) is 56.3 Å². The lowest BCUT2D eigenvalue weighted by atomic mass is 10.1. The number of carboxylic acid groups (broad SMARTS) is 1. The Kier molecular flexibility index (Phi) is 5.24. The van der Waals surface area contributed by atoms with Crippen LogP contribution in [0.5, 0.6) is 11.5 Å². The maximum absolute atomic E-state index is 11.0. The van der Waals surface area contributed by atoms with Crippen LogP contribution in [0.1, 0.15) is 42.2 Å². The van der Waals surface area contributed by atoms with E-state index in [-0.39, 0.29) is 12.5 Å². The standard InChI is InChI=1S/C20H22O5/c1-3-23-17(11-19(21)22)14-7-9-15(10-8-14)25-18-12-24-20-13(2)5-4-6-16(18)20/h4-10,17-18H,3,11-12H2,1-2H3,(H,21,22)/t17-,18+/m0/s1. The minimum absolute atomic E-state index is 0.0584. The van der Waals surface area contributed by atoms with E-state index in [2.05, 4.69) is 0 Å². The van der Waals surface area contributed by atoms with Crippen LogP contribution in [-0.2, 0) is 9.53 Å². The minimum Gasteiger partial charge on any atom is -0.489 e. The molecule has 1 N–H and O–H groups in total. The number of carbonyl (C=O) groups is 1. The maximum Gasteiger partial charge on any atom is 0.306 e. The number of aryl methyl sites for hydroxylation is 1. The van der Waals surface area contributed by atoms with Gasteiger partial charge in [-0.05, 0) is 37.1 Å². The summed E-state index contributed by atoms with van der Waals surface area (Å²) < 4.78 is 17.3. The number of benzene rings is 2. The van der Waals surface area contributed by atoms with Gasteiger partial charge < -0.3 is 19.3 Å². The summed E-state index contributed by atoms with van der Waals surface area (Å²) in [5, 5.41) is 9.01. The topological polar surface area (TPSA) is 65.0 Å². The van der Waals surface area contributed by atoms with Crippen molar-refractivity contribution < 1.29 is 24.1 Å². The molecule has 1 heterocycles. The summed E-state index contributed by atoms with van der Waals surface area (Å²) in [6, 6.07) is 13.4. The quantitative estimate of drug-likeness (QED) is 0.822. The highest BCUT2D eigenvalue weighted by Crippen LogP contribution is 2.37. The Balaban J connectivity index is 1.71. The molecule has 3 rings (SSSR count). The Bertz CT molecular complexity index is 738. The van der Waals surface area contributed by atoms with Gasteiger partial charge in [-0.25, -0.2) is 0 Å². The van der Waals surface area contributed by atoms with Gasteiger partial charge in [-0.15, -0.1) is 0 Å². The van der Waals surface area contributed by atoms with E-state index >= 15 is 0 Å². The smallest absolute Gasteiger partial charge is 0.306 e. The second-order valence-corrected chi connectivity index (χ2v) is 6.02. The second-order valence-electron chi connectivity index (χ2n) is 6.02. The highest BCUT2D eigenvalue weighted by Gasteiger charge is 2.27. The van der Waals surface area contributed by atoms with E-state index < -0.39 is 12.1 Å². The van der Waals surface area contributed by atoms with Crippen molar-refractivity contribution in [3.63, 3.8) is 0 Å². The number of hydrogen-bond donors (Lipinski definition) is 1. The monoisotopic (exact) mass is 342 g/mol. The molecule has 2 atom stereocenters. The average Bonchev–Trinajstić information content (AvgIpc) is 2.99. The summed E-state index contributed by atoms with van der Waals surface area (Å²) in [5.41, 5.74) is 2.99. The lowest BCUT2D eigenvalue weighted by Gasteiger charge is -2.17. The molecule has 0 bridgehead atoms. The molecule has 5 nitrogen and oxygen atoms in total. The predicted molar refractivity (Wildman–Crippen MR) is 93.1 cm³/mol. The molecule has 0 spiro atoms. The van der Waals surface area contributed by atoms with Gasteiger partial charge in [-0.2, -0.15) is 0 Å². The molecule has 0 aromatic heterocycles. The number of carboxylic acids is 1. The molecule has 0 amide bonds. The summed E-state index contributed by atoms with van der Waals surface area (Å²) in [7, 11) is 0. The third kappa shape index (κ3) is 3.94. The first-order chi connectivity index (χ1) is 12.1. The molecule has 0 fully saturated rings. The molecule has 0 aliphatic carbocycles. The summed E-state index contributed by atoms with van der Waals surface area (Å²) in [5.74, 6) is 0.744. The normalized spacial score (nSPS) is 16.8. The van der Waals surface area contributed by atoms with Crippen LogP contribution in [0.3, 0.4) is 0 Å². The van der Waals surface area contributed by atoms with Gasteiger partial charge in [0.15, 0.2) is 6.10 Å². The van der Waals surface area contributed by atoms with Crippen molar-refractivity contribution in [3.8, 4) is 11.5 Å². The van der Waals surface area contributed by atoms with Crippen LogP contribution in [0.15, 0.2) is 42.5 Å². The molecule has 0 radical (unpaired) electrons. The molecule has 132 valence electrons. The van der Waals surface area contributed by atoms with E-state index in [1.165, 1.54) is 0 Å². The first-order valence-electron chi connectivity index (χ1n) is 8.40. The zero-order valence-electron chi connectivity index (χ0n) is 14.4. The summed E-state index contributed by atoms with van der Waals surface area (Å²) in [4.78, 5) is 11.0. The number of ether oxygens (including phenoxy) is 3. The van der Waals surface area contributed by atoms with E-state index in [0.717, 1.165) is 28.2 Å². The van der Waals surface area contributed by atoms with Gasteiger partial charge in [0.25, 0.3) is 0 Å². The van der Waals surface area contributed by atoms with Crippen LogP contribution in [0, 0.1) is 6.92 Å². The molecule has 0 unspecified atom stereocenters. The maximum atomic E-state index is 11.0. The van der Waals surface area contributed by atoms with Crippen molar-refractivity contribution in [2.75, 3.05) is 13.2 Å². The molecular weight excluding hydrogens is 320 g/mol. The highest BCUT2D eigenvalue weighted by atomic mass is 16.5. The molecule has 2 aromatic rings. The van der Waals surface area contributed by atoms with E-state index in [9.17, 15) is 4.79 Å². The van der Waals surface area contributed by atoms with Crippen LogP contribution in [0.4, 0.5) is 0 Å². The van der Waals surface area contributed by atoms with Crippen LogP contribution in [0.2, 0.25) is 0 Å². The van der Waals surface area contributed by atoms with Crippen LogP contribution >= 0.6 is 0 Å². The Morgan fingerprint density at radius 1 is 1.28 bits per heavy atom. The zero-order chi connectivity index (χ0) is 17.8. The molecule has 2 aromatic carbocycles. The van der Waals surface area contributed by atoms with E-state index in [1.54, 1.807) is 0 Å². The lowest BCUT2D eigenvalue weighted by molar-refractivity contribution is -0.140. The Labute approximate surface area is 147 Å². The summed E-state index contributed by atoms with van der Waals surface area (Å²) >= 11 is 0. The second kappa shape index (κ2) is 7.57. The molecule has 25 heavy (non-hydrogen) atoms. The Hall–Kier alpha value is -2.53. The van der Waals surface area contributed by atoms with Crippen molar-refractivity contribution in [1.82, 2.24) is 0 Å². The Morgan fingerprint density at radius 2 is 2.04 bits per heavy atom. The largest absolute Gasteiger partial charge is 0.489 e. The van der Waals surface area contributed by atoms with E-state index in [4.69, 9.17) is 19.3 Å². The summed E-state index contributed by atoms with van der Waals surface area (Å²) in [6.07, 6.45) is -0.644. The molecule has 0 saturated carbocycles. The minimum atomic E-state index is -0.881. The van der Waals surface area contributed by atoms with Crippen LogP contribution < -0.4 is 9.47 Å². The summed E-state index contributed by atoms with van der Waals surface area (Å²) in [6.45, 7) is 4.83. The van der Waals surface area contributed by atoms with E-state index in [0.29, 0.717) is 13.2 Å². The van der Waals surface area contributed by atoms with Crippen LogP contribution in [-0.4, -0.2) is 24.3 Å². The fourth-order valence-corrected chi connectivity index (χ4v) is 3.03. The van der Waals surface area contributed by atoms with Gasteiger partial charge in [0.05, 0.1) is 12.5 Å². The van der Waals surface area contributed by atoms with Crippen LogP contribution in [0.25, 0.3) is 0 Å². The third-order valence-corrected chi connectivity index (χ3v) is 4.23. The van der Waals surface area contributed by atoms with Crippen molar-refractivity contribution in [1.29, 1.82) is 0 Å². The number of fused-ring (bicyclic) bond motifs is 1. The van der Waals surface area contributed by atoms with Gasteiger partial charge in [-0.1, -0.05) is 30.3 Å².